The highest BCUT2D eigenvalue weighted by atomic mass is 14.5. The van der Waals surface area contributed by atoms with Crippen LogP contribution in [0.4, 0.5) is 0 Å². The van der Waals surface area contributed by atoms with Crippen molar-refractivity contribution in [2.45, 2.75) is 109 Å². The van der Waals surface area contributed by atoms with Gasteiger partial charge < -0.3 is 0 Å². The van der Waals surface area contributed by atoms with E-state index in [1.807, 2.05) is 0 Å². The molecular weight excluding hydrogens is 420 g/mol. The van der Waals surface area contributed by atoms with E-state index in [4.69, 9.17) is 0 Å². The Labute approximate surface area is 215 Å². The predicted molar refractivity (Wildman–Crippen MR) is 154 cm³/mol. The van der Waals surface area contributed by atoms with Gasteiger partial charge in [-0.2, -0.15) is 0 Å². The van der Waals surface area contributed by atoms with Crippen LogP contribution < -0.4 is 0 Å². The molecule has 1 aliphatic rings. The molecule has 1 aliphatic carbocycles. The van der Waals surface area contributed by atoms with Crippen molar-refractivity contribution in [1.82, 2.24) is 0 Å². The molecule has 0 saturated heterocycles. The lowest BCUT2D eigenvalue weighted by molar-refractivity contribution is 0.398. The van der Waals surface area contributed by atoms with Crippen LogP contribution in [0.1, 0.15) is 115 Å². The van der Waals surface area contributed by atoms with Gasteiger partial charge in [-0.1, -0.05) is 164 Å². The lowest BCUT2D eigenvalue weighted by Gasteiger charge is -2.34. The molecule has 0 N–H and O–H groups in total. The Bertz CT molecular complexity index is 1010. The first-order valence-electron chi connectivity index (χ1n) is 14.6. The number of hydrogen-bond acceptors (Lipinski definition) is 0. The quantitative estimate of drug-likeness (QED) is 0.195. The second-order valence-electron chi connectivity index (χ2n) is 10.8. The summed E-state index contributed by atoms with van der Waals surface area (Å²) < 4.78 is 0. The molecule has 0 amide bonds. The van der Waals surface area contributed by atoms with Crippen molar-refractivity contribution in [2.24, 2.45) is 0 Å². The van der Waals surface area contributed by atoms with Crippen LogP contribution in [0.2, 0.25) is 0 Å². The average molecular weight is 467 g/mol. The Kier molecular flexibility index (Phi) is 9.64. The molecule has 0 heterocycles. The maximum atomic E-state index is 2.46. The minimum absolute atomic E-state index is 0.147. The maximum Gasteiger partial charge on any atom is 0.0221 e. The summed E-state index contributed by atoms with van der Waals surface area (Å²) in [4.78, 5) is 0. The number of benzene rings is 3. The first-order valence-corrected chi connectivity index (χ1v) is 14.6. The van der Waals surface area contributed by atoms with Gasteiger partial charge in [-0.3, -0.25) is 0 Å². The Hall–Kier alpha value is -2.34. The fraction of sp³-hybridized carbons (Fsp3) is 0.486. The molecule has 3 aromatic carbocycles. The number of hydrogen-bond donors (Lipinski definition) is 0. The number of fused-ring (bicyclic) bond motifs is 3. The van der Waals surface area contributed by atoms with Crippen LogP contribution in [-0.4, -0.2) is 0 Å². The number of rotatable bonds is 15. The molecule has 0 unspecified atom stereocenters. The predicted octanol–water partition coefficient (Wildman–Crippen LogP) is 11.1. The van der Waals surface area contributed by atoms with E-state index < -0.39 is 0 Å². The van der Waals surface area contributed by atoms with E-state index in [2.05, 4.69) is 86.6 Å². The van der Waals surface area contributed by atoms with E-state index in [-0.39, 0.29) is 5.41 Å². The van der Waals surface area contributed by atoms with Gasteiger partial charge in [-0.15, -0.1) is 0 Å². The van der Waals surface area contributed by atoms with Crippen molar-refractivity contribution in [1.29, 1.82) is 0 Å². The second kappa shape index (κ2) is 13.1. The fourth-order valence-electron chi connectivity index (χ4n) is 6.48. The van der Waals surface area contributed by atoms with Crippen LogP contribution in [0.3, 0.4) is 0 Å². The van der Waals surface area contributed by atoms with Crippen molar-refractivity contribution in [2.75, 3.05) is 0 Å². The van der Waals surface area contributed by atoms with Gasteiger partial charge in [0, 0.05) is 5.41 Å². The minimum atomic E-state index is 0.147. The van der Waals surface area contributed by atoms with Gasteiger partial charge >= 0.3 is 0 Å². The van der Waals surface area contributed by atoms with Crippen molar-refractivity contribution in [3.63, 3.8) is 0 Å². The molecule has 0 nitrogen and oxygen atoms in total. The topological polar surface area (TPSA) is 0 Å². The summed E-state index contributed by atoms with van der Waals surface area (Å²) in [5.74, 6) is 0. The molecule has 0 aromatic heterocycles. The van der Waals surface area contributed by atoms with Crippen LogP contribution in [0.15, 0.2) is 72.8 Å². The van der Waals surface area contributed by atoms with E-state index in [1.165, 1.54) is 112 Å². The zero-order valence-corrected chi connectivity index (χ0v) is 22.3. The standard InChI is InChI=1S/C35H46/c1-3-5-7-9-11-18-27-35(28-19-12-10-8-6-4-2)33-26-17-16-23-31(33)32-25-20-24-30(34(32)35)29-21-14-13-15-22-29/h13-17,20-26H,3-12,18-19,27-28H2,1-2H3. The summed E-state index contributed by atoms with van der Waals surface area (Å²) in [5.41, 5.74) is 9.16. The molecule has 0 fully saturated rings. The molecule has 0 bridgehead atoms. The third kappa shape index (κ3) is 5.91. The molecule has 0 saturated carbocycles. The molecule has 4 rings (SSSR count). The molecule has 0 radical (unpaired) electrons. The molecule has 3 aromatic rings. The van der Waals surface area contributed by atoms with Gasteiger partial charge in [-0.25, -0.2) is 0 Å². The highest BCUT2D eigenvalue weighted by molar-refractivity contribution is 5.88. The van der Waals surface area contributed by atoms with E-state index in [1.54, 1.807) is 11.1 Å². The molecule has 0 aliphatic heterocycles. The third-order valence-corrected chi connectivity index (χ3v) is 8.27. The van der Waals surface area contributed by atoms with E-state index in [9.17, 15) is 0 Å². The Morgan fingerprint density at radius 2 is 0.971 bits per heavy atom. The summed E-state index contributed by atoms with van der Waals surface area (Å²) in [6.45, 7) is 4.63. The van der Waals surface area contributed by atoms with E-state index in [0.717, 1.165) is 0 Å². The van der Waals surface area contributed by atoms with Crippen LogP contribution in [0.25, 0.3) is 22.3 Å². The molecule has 35 heavy (non-hydrogen) atoms. The van der Waals surface area contributed by atoms with Gasteiger partial charge in [0.05, 0.1) is 0 Å². The smallest absolute Gasteiger partial charge is 0.0221 e. The summed E-state index contributed by atoms with van der Waals surface area (Å²) in [6, 6.07) is 27.6. The van der Waals surface area contributed by atoms with Crippen molar-refractivity contribution < 1.29 is 0 Å². The van der Waals surface area contributed by atoms with Crippen molar-refractivity contribution in [3.05, 3.63) is 83.9 Å². The highest BCUT2D eigenvalue weighted by Gasteiger charge is 2.43. The summed E-state index contributed by atoms with van der Waals surface area (Å²) in [5, 5.41) is 0. The van der Waals surface area contributed by atoms with Crippen LogP contribution in [0.5, 0.6) is 0 Å². The molecule has 0 heteroatoms. The van der Waals surface area contributed by atoms with Crippen LogP contribution in [0, 0.1) is 0 Å². The molecule has 186 valence electrons. The average Bonchev–Trinajstić information content (AvgIpc) is 3.19. The second-order valence-corrected chi connectivity index (χ2v) is 10.8. The first kappa shape index (κ1) is 25.7. The van der Waals surface area contributed by atoms with E-state index >= 15 is 0 Å². The van der Waals surface area contributed by atoms with Gasteiger partial charge in [0.25, 0.3) is 0 Å². The van der Waals surface area contributed by atoms with Gasteiger partial charge in [0.15, 0.2) is 0 Å². The number of unbranched alkanes of at least 4 members (excludes halogenated alkanes) is 10. The van der Waals surface area contributed by atoms with Gasteiger partial charge in [0.1, 0.15) is 0 Å². The Morgan fingerprint density at radius 1 is 0.457 bits per heavy atom. The van der Waals surface area contributed by atoms with Crippen LogP contribution >= 0.6 is 0 Å². The third-order valence-electron chi connectivity index (χ3n) is 8.27. The molecule has 0 spiro atoms. The largest absolute Gasteiger partial charge is 0.0654 e. The van der Waals surface area contributed by atoms with Gasteiger partial charge in [0.2, 0.25) is 0 Å². The van der Waals surface area contributed by atoms with Crippen LogP contribution in [-0.2, 0) is 5.41 Å². The van der Waals surface area contributed by atoms with E-state index in [0.29, 0.717) is 0 Å². The summed E-state index contributed by atoms with van der Waals surface area (Å²) >= 11 is 0. The lowest BCUT2D eigenvalue weighted by Crippen LogP contribution is -2.26. The van der Waals surface area contributed by atoms with Crippen molar-refractivity contribution in [3.8, 4) is 22.3 Å². The summed E-state index contributed by atoms with van der Waals surface area (Å²) in [6.07, 6.45) is 18.9. The SMILES string of the molecule is CCCCCCCCC1(CCCCCCCC)c2ccccc2-c2cccc(-c3ccccc3)c21. The van der Waals surface area contributed by atoms with Crippen molar-refractivity contribution >= 4 is 0 Å². The summed E-state index contributed by atoms with van der Waals surface area (Å²) in [7, 11) is 0. The zero-order chi connectivity index (χ0) is 24.3. The lowest BCUT2D eigenvalue weighted by atomic mass is 9.68. The fourth-order valence-corrected chi connectivity index (χ4v) is 6.48. The zero-order valence-electron chi connectivity index (χ0n) is 22.3. The maximum absolute atomic E-state index is 2.46. The molecular formula is C35H46. The Morgan fingerprint density at radius 3 is 1.63 bits per heavy atom. The normalized spacial score (nSPS) is 13.5. The first-order chi connectivity index (χ1) is 17.3. The monoisotopic (exact) mass is 466 g/mol. The minimum Gasteiger partial charge on any atom is -0.0654 e. The Balaban J connectivity index is 1.69. The highest BCUT2D eigenvalue weighted by Crippen LogP contribution is 2.56. The van der Waals surface area contributed by atoms with Gasteiger partial charge in [-0.05, 0) is 46.2 Å². The molecule has 0 atom stereocenters.